The summed E-state index contributed by atoms with van der Waals surface area (Å²) in [5.41, 5.74) is 1.60. The fraction of sp³-hybridized carbons (Fsp3) is 0.773. The molecule has 0 aromatic rings. The average molecular weight is 342 g/mol. The van der Waals surface area contributed by atoms with Gasteiger partial charge in [-0.3, -0.25) is 4.79 Å². The lowest BCUT2D eigenvalue weighted by Crippen LogP contribution is -2.54. The summed E-state index contributed by atoms with van der Waals surface area (Å²) in [5, 5.41) is 0. The average Bonchev–Trinajstić information content (AvgIpc) is 3.10. The van der Waals surface area contributed by atoms with Crippen LogP contribution in [0.2, 0.25) is 0 Å². The van der Waals surface area contributed by atoms with E-state index < -0.39 is 0 Å². The first-order valence-electron chi connectivity index (χ1n) is 10.1. The minimum atomic E-state index is -0.336. The van der Waals surface area contributed by atoms with Crippen molar-refractivity contribution in [2.45, 2.75) is 71.2 Å². The molecule has 2 unspecified atom stereocenters. The summed E-state index contributed by atoms with van der Waals surface area (Å²) < 4.78 is 12.7. The van der Waals surface area contributed by atoms with E-state index in [-0.39, 0.29) is 28.5 Å². The molecule has 0 amide bonds. The largest absolute Gasteiger partial charge is 0.347 e. The van der Waals surface area contributed by atoms with Crippen LogP contribution in [-0.2, 0) is 14.3 Å². The molecule has 7 atom stereocenters. The molecule has 3 heteroatoms. The first kappa shape index (κ1) is 16.3. The molecule has 1 spiro atoms. The maximum Gasteiger partial charge on any atom is 0.178 e. The third kappa shape index (κ3) is 1.97. The molecule has 1 aliphatic heterocycles. The molecule has 0 aromatic carbocycles. The SMILES string of the molecule is CC1COC2(CC[C@H]3[C@@H]4CCC5=CC(=O)C=C[C@]5(C)[C@H]4CC[C@@]32C)O1. The Morgan fingerprint density at radius 2 is 1.92 bits per heavy atom. The van der Waals surface area contributed by atoms with E-state index in [1.54, 1.807) is 6.08 Å². The number of ketones is 1. The highest BCUT2D eigenvalue weighted by Crippen LogP contribution is 2.68. The summed E-state index contributed by atoms with van der Waals surface area (Å²) >= 11 is 0. The van der Waals surface area contributed by atoms with E-state index in [4.69, 9.17) is 9.47 Å². The van der Waals surface area contributed by atoms with Gasteiger partial charge in [0.2, 0.25) is 0 Å². The normalized spacial score (nSPS) is 54.2. The Bertz CT molecular complexity index is 679. The molecule has 25 heavy (non-hydrogen) atoms. The standard InChI is InChI=1S/C22H30O3/c1-14-13-24-22(25-14)11-8-19-17-5-4-15-12-16(23)6-9-20(15,2)18(17)7-10-21(19,22)3/h6,9,12,14,17-19H,4-5,7-8,10-11,13H2,1-3H3/t14?,17-,18+,19+,20+,21+,22?/m1/s1. The second kappa shape index (κ2) is 5.07. The van der Waals surface area contributed by atoms with Crippen LogP contribution in [0.15, 0.2) is 23.8 Å². The van der Waals surface area contributed by atoms with Gasteiger partial charge in [-0.2, -0.15) is 0 Å². The summed E-state index contributed by atoms with van der Waals surface area (Å²) in [6.07, 6.45) is 13.1. The Hall–Kier alpha value is -0.930. The lowest BCUT2D eigenvalue weighted by Gasteiger charge is -2.57. The molecule has 5 rings (SSSR count). The van der Waals surface area contributed by atoms with E-state index in [1.165, 1.54) is 31.3 Å². The predicted molar refractivity (Wildman–Crippen MR) is 95.8 cm³/mol. The molecule has 4 aliphatic carbocycles. The van der Waals surface area contributed by atoms with E-state index in [1.807, 2.05) is 6.08 Å². The topological polar surface area (TPSA) is 35.5 Å². The van der Waals surface area contributed by atoms with Gasteiger partial charge in [0.05, 0.1) is 12.7 Å². The first-order valence-corrected chi connectivity index (χ1v) is 10.1. The minimum Gasteiger partial charge on any atom is -0.347 e. The molecular formula is C22H30O3. The highest BCUT2D eigenvalue weighted by molar-refractivity contribution is 6.01. The van der Waals surface area contributed by atoms with Gasteiger partial charge in [0.1, 0.15) is 0 Å². The summed E-state index contributed by atoms with van der Waals surface area (Å²) in [6.45, 7) is 7.69. The van der Waals surface area contributed by atoms with Crippen LogP contribution in [0.1, 0.15) is 59.3 Å². The summed E-state index contributed by atoms with van der Waals surface area (Å²) in [4.78, 5) is 11.9. The molecule has 0 bridgehead atoms. The van der Waals surface area contributed by atoms with Crippen molar-refractivity contribution in [1.29, 1.82) is 0 Å². The van der Waals surface area contributed by atoms with Gasteiger partial charge in [-0.1, -0.05) is 25.5 Å². The van der Waals surface area contributed by atoms with Crippen LogP contribution in [0.4, 0.5) is 0 Å². The highest BCUT2D eigenvalue weighted by Gasteiger charge is 2.67. The fourth-order valence-electron chi connectivity index (χ4n) is 7.23. The zero-order chi connectivity index (χ0) is 17.4. The summed E-state index contributed by atoms with van der Waals surface area (Å²) in [7, 11) is 0. The zero-order valence-electron chi connectivity index (χ0n) is 15.7. The van der Waals surface area contributed by atoms with Crippen molar-refractivity contribution in [3.8, 4) is 0 Å². The molecule has 0 radical (unpaired) electrons. The Balaban J connectivity index is 1.49. The number of hydrogen-bond acceptors (Lipinski definition) is 3. The number of ether oxygens (including phenoxy) is 2. The molecule has 3 saturated carbocycles. The van der Waals surface area contributed by atoms with Crippen molar-refractivity contribution in [2.24, 2.45) is 28.6 Å². The Morgan fingerprint density at radius 3 is 2.68 bits per heavy atom. The summed E-state index contributed by atoms with van der Waals surface area (Å²) in [5.74, 6) is 1.90. The van der Waals surface area contributed by atoms with Gasteiger partial charge >= 0.3 is 0 Å². The third-order valence-electron chi connectivity index (χ3n) is 8.54. The van der Waals surface area contributed by atoms with Crippen molar-refractivity contribution in [2.75, 3.05) is 6.61 Å². The van der Waals surface area contributed by atoms with Crippen LogP contribution in [0, 0.1) is 28.6 Å². The van der Waals surface area contributed by atoms with Crippen molar-refractivity contribution in [1.82, 2.24) is 0 Å². The van der Waals surface area contributed by atoms with Crippen LogP contribution in [-0.4, -0.2) is 24.3 Å². The molecule has 4 fully saturated rings. The van der Waals surface area contributed by atoms with Crippen molar-refractivity contribution in [3.05, 3.63) is 23.8 Å². The number of carbonyl (C=O) groups is 1. The molecule has 1 heterocycles. The summed E-state index contributed by atoms with van der Waals surface area (Å²) in [6, 6.07) is 0. The number of hydrogen-bond donors (Lipinski definition) is 0. The van der Waals surface area contributed by atoms with E-state index in [0.717, 1.165) is 25.4 Å². The number of allylic oxidation sites excluding steroid dienone is 4. The molecule has 5 aliphatic rings. The van der Waals surface area contributed by atoms with E-state index in [9.17, 15) is 4.79 Å². The van der Waals surface area contributed by atoms with Gasteiger partial charge in [0.25, 0.3) is 0 Å². The number of rotatable bonds is 0. The third-order valence-corrected chi connectivity index (χ3v) is 8.54. The quantitative estimate of drug-likeness (QED) is 0.653. The minimum absolute atomic E-state index is 0.0819. The first-order chi connectivity index (χ1) is 11.9. The lowest BCUT2D eigenvalue weighted by molar-refractivity contribution is -0.248. The number of fused-ring (bicyclic) bond motifs is 6. The molecule has 136 valence electrons. The maximum atomic E-state index is 11.9. The molecule has 0 N–H and O–H groups in total. The van der Waals surface area contributed by atoms with Crippen LogP contribution < -0.4 is 0 Å². The Labute approximate surface area is 150 Å². The smallest absolute Gasteiger partial charge is 0.178 e. The van der Waals surface area contributed by atoms with Gasteiger partial charge in [-0.05, 0) is 68.9 Å². The monoisotopic (exact) mass is 342 g/mol. The van der Waals surface area contributed by atoms with Gasteiger partial charge in [-0.15, -0.1) is 0 Å². The van der Waals surface area contributed by atoms with Crippen LogP contribution in [0.25, 0.3) is 0 Å². The van der Waals surface area contributed by atoms with Gasteiger partial charge < -0.3 is 9.47 Å². The van der Waals surface area contributed by atoms with Gasteiger partial charge in [-0.25, -0.2) is 0 Å². The predicted octanol–water partition coefficient (Wildman–Crippen LogP) is 4.43. The van der Waals surface area contributed by atoms with E-state index in [2.05, 4.69) is 26.8 Å². The van der Waals surface area contributed by atoms with Crippen LogP contribution >= 0.6 is 0 Å². The lowest BCUT2D eigenvalue weighted by atomic mass is 9.48. The zero-order valence-corrected chi connectivity index (χ0v) is 15.7. The Kier molecular flexibility index (Phi) is 3.30. The molecular weight excluding hydrogens is 312 g/mol. The van der Waals surface area contributed by atoms with Crippen LogP contribution in [0.5, 0.6) is 0 Å². The van der Waals surface area contributed by atoms with Crippen molar-refractivity contribution in [3.63, 3.8) is 0 Å². The van der Waals surface area contributed by atoms with E-state index >= 15 is 0 Å². The van der Waals surface area contributed by atoms with E-state index in [0.29, 0.717) is 11.8 Å². The highest BCUT2D eigenvalue weighted by atomic mass is 16.7. The fourth-order valence-corrected chi connectivity index (χ4v) is 7.23. The second-order valence-corrected chi connectivity index (χ2v) is 9.59. The van der Waals surface area contributed by atoms with Gasteiger partial charge in [0, 0.05) is 17.3 Å². The Morgan fingerprint density at radius 1 is 1.12 bits per heavy atom. The van der Waals surface area contributed by atoms with Crippen LogP contribution in [0.3, 0.4) is 0 Å². The number of carbonyl (C=O) groups excluding carboxylic acids is 1. The molecule has 0 aromatic heterocycles. The van der Waals surface area contributed by atoms with Crippen molar-refractivity contribution >= 4 is 5.78 Å². The second-order valence-electron chi connectivity index (χ2n) is 9.59. The van der Waals surface area contributed by atoms with Crippen molar-refractivity contribution < 1.29 is 14.3 Å². The maximum absolute atomic E-state index is 11.9. The van der Waals surface area contributed by atoms with Gasteiger partial charge in [0.15, 0.2) is 11.6 Å². The molecule has 1 saturated heterocycles. The molecule has 3 nitrogen and oxygen atoms in total.